The van der Waals surface area contributed by atoms with Crippen molar-refractivity contribution < 1.29 is 49.0 Å². The van der Waals surface area contributed by atoms with E-state index in [-0.39, 0.29) is 30.6 Å². The maximum Gasteiger partial charge on any atom is 0.338 e. The molecule has 4 fully saturated rings. The van der Waals surface area contributed by atoms with E-state index in [1.807, 2.05) is 0 Å². The van der Waals surface area contributed by atoms with Crippen molar-refractivity contribution in [3.8, 4) is 0 Å². The fourth-order valence-corrected chi connectivity index (χ4v) is 8.73. The number of Topliss-reactive ketones (excluding diaryl/α,β-unsaturated/α-hetero) is 1. The number of aliphatic hydroxyl groups excluding tert-OH is 3. The predicted molar refractivity (Wildman–Crippen MR) is 133 cm³/mol. The summed E-state index contributed by atoms with van der Waals surface area (Å²) in [5, 5.41) is 46.3. The van der Waals surface area contributed by atoms with Crippen LogP contribution in [0.1, 0.15) is 50.9 Å². The third-order valence-corrected chi connectivity index (χ3v) is 10.7. The summed E-state index contributed by atoms with van der Waals surface area (Å²) < 4.78 is 17.7. The Morgan fingerprint density at radius 2 is 1.77 bits per heavy atom. The summed E-state index contributed by atoms with van der Waals surface area (Å²) in [5.41, 5.74) is -5.49. The van der Waals surface area contributed by atoms with Crippen LogP contribution in [0.25, 0.3) is 0 Å². The van der Waals surface area contributed by atoms with Crippen LogP contribution in [0.3, 0.4) is 0 Å². The fraction of sp³-hybridized carbons (Fsp3) is 0.621. The van der Waals surface area contributed by atoms with Crippen LogP contribution in [0.2, 0.25) is 0 Å². The molecule has 210 valence electrons. The third-order valence-electron chi connectivity index (χ3n) is 10.7. The van der Waals surface area contributed by atoms with Gasteiger partial charge in [0.1, 0.15) is 23.9 Å². The molecule has 6 rings (SSSR count). The van der Waals surface area contributed by atoms with Gasteiger partial charge in [-0.05, 0) is 37.1 Å². The molecule has 4 aliphatic carbocycles. The molecule has 0 radical (unpaired) electrons. The van der Waals surface area contributed by atoms with Crippen molar-refractivity contribution in [1.82, 2.24) is 0 Å². The number of carbonyl (C=O) groups excluding carboxylic acids is 3. The van der Waals surface area contributed by atoms with Gasteiger partial charge in [0.15, 0.2) is 11.4 Å². The Hall–Kier alpha value is -2.63. The van der Waals surface area contributed by atoms with Gasteiger partial charge in [-0.15, -0.1) is 0 Å². The zero-order chi connectivity index (χ0) is 28.3. The fourth-order valence-electron chi connectivity index (χ4n) is 8.73. The Kier molecular flexibility index (Phi) is 5.59. The van der Waals surface area contributed by atoms with Gasteiger partial charge < -0.3 is 34.6 Å². The number of benzene rings is 1. The first kappa shape index (κ1) is 26.6. The number of hydrogen-bond acceptors (Lipinski definition) is 10. The van der Waals surface area contributed by atoms with E-state index in [0.29, 0.717) is 5.57 Å². The molecule has 39 heavy (non-hydrogen) atoms. The molecule has 0 amide bonds. The summed E-state index contributed by atoms with van der Waals surface area (Å²) in [6, 6.07) is 8.23. The van der Waals surface area contributed by atoms with Crippen molar-refractivity contribution in [2.45, 2.75) is 82.3 Å². The standard InChI is InChI=1S/C29H34O10/c1-13-16(31)11-29(36)24(38-25(35)15-8-6-5-7-9-15)20-22-26(3,23(34)21(33)19(13)27(20,29)4)17(32)10-18-28(22,12-37-18)39-14(2)30/h5-9,16-18,20-22,24,31-33,36H,10-12H2,1-4H3/t16-,17-,18?,20-,21?,22-,24-,26+,27-,28-,29+/m0/s1. The SMILES string of the molecule is CC(=O)O[C@@]12COC1C[C@H](O)[C@@]1(C)C(=O)C(O)C3=C(C)[C@@H](O)C[C@@]4(O)[C@@H](OC(=O)c5ccccc5)[C@H]([C@@H]12)[C@]34C. The molecule has 1 saturated heterocycles. The quantitative estimate of drug-likeness (QED) is 0.316. The highest BCUT2D eigenvalue weighted by molar-refractivity contribution is 5.94. The van der Waals surface area contributed by atoms with E-state index in [2.05, 4.69) is 0 Å². The second kappa shape index (κ2) is 8.20. The largest absolute Gasteiger partial charge is 0.455 e. The monoisotopic (exact) mass is 542 g/mol. The minimum Gasteiger partial charge on any atom is -0.455 e. The lowest BCUT2D eigenvalue weighted by Gasteiger charge is -2.73. The number of esters is 2. The number of ether oxygens (including phenoxy) is 3. The maximum absolute atomic E-state index is 14.2. The molecule has 1 aromatic rings. The lowest BCUT2D eigenvalue weighted by atomic mass is 9.36. The van der Waals surface area contributed by atoms with E-state index in [9.17, 15) is 34.8 Å². The van der Waals surface area contributed by atoms with Gasteiger partial charge in [0.2, 0.25) is 0 Å². The molecule has 0 spiro atoms. The second-order valence-corrected chi connectivity index (χ2v) is 12.3. The lowest BCUT2D eigenvalue weighted by molar-refractivity contribution is -0.370. The number of rotatable bonds is 3. The van der Waals surface area contributed by atoms with Crippen LogP contribution in [0, 0.1) is 22.7 Å². The van der Waals surface area contributed by atoms with Crippen LogP contribution in [-0.2, 0) is 23.8 Å². The van der Waals surface area contributed by atoms with Crippen molar-refractivity contribution in [2.24, 2.45) is 22.7 Å². The second-order valence-electron chi connectivity index (χ2n) is 12.3. The topological polar surface area (TPSA) is 160 Å². The third kappa shape index (κ3) is 3.01. The molecule has 10 nitrogen and oxygen atoms in total. The summed E-state index contributed by atoms with van der Waals surface area (Å²) in [5.74, 6) is -3.89. The summed E-state index contributed by atoms with van der Waals surface area (Å²) >= 11 is 0. The van der Waals surface area contributed by atoms with Crippen molar-refractivity contribution in [3.05, 3.63) is 47.0 Å². The van der Waals surface area contributed by atoms with Crippen LogP contribution in [0.15, 0.2) is 41.5 Å². The van der Waals surface area contributed by atoms with Crippen LogP contribution in [0.4, 0.5) is 0 Å². The Bertz CT molecular complexity index is 1290. The average Bonchev–Trinajstić information content (AvgIpc) is 2.94. The molecule has 1 heterocycles. The number of fused-ring (bicyclic) bond motifs is 4. The minimum atomic E-state index is -1.86. The summed E-state index contributed by atoms with van der Waals surface area (Å²) in [7, 11) is 0. The van der Waals surface area contributed by atoms with Gasteiger partial charge in [-0.3, -0.25) is 9.59 Å². The first-order valence-electron chi connectivity index (χ1n) is 13.3. The normalized spacial score (nSPS) is 47.9. The Balaban J connectivity index is 1.59. The Labute approximate surface area is 225 Å². The van der Waals surface area contributed by atoms with E-state index in [1.165, 1.54) is 13.8 Å². The van der Waals surface area contributed by atoms with Gasteiger partial charge in [-0.2, -0.15) is 0 Å². The van der Waals surface area contributed by atoms with E-state index in [1.54, 1.807) is 44.2 Å². The minimum absolute atomic E-state index is 0.0123. The van der Waals surface area contributed by atoms with E-state index in [4.69, 9.17) is 14.2 Å². The first-order valence-corrected chi connectivity index (χ1v) is 13.3. The molecule has 11 atom stereocenters. The highest BCUT2D eigenvalue weighted by atomic mass is 16.6. The van der Waals surface area contributed by atoms with Gasteiger partial charge in [0.25, 0.3) is 0 Å². The molecule has 10 heteroatoms. The number of carbonyl (C=O) groups is 3. The molecular weight excluding hydrogens is 508 g/mol. The maximum atomic E-state index is 14.2. The molecule has 1 aromatic carbocycles. The van der Waals surface area contributed by atoms with Crippen molar-refractivity contribution >= 4 is 17.7 Å². The summed E-state index contributed by atoms with van der Waals surface area (Å²) in [4.78, 5) is 39.9. The Morgan fingerprint density at radius 3 is 2.36 bits per heavy atom. The number of hydrogen-bond donors (Lipinski definition) is 4. The van der Waals surface area contributed by atoms with E-state index >= 15 is 0 Å². The average molecular weight is 543 g/mol. The predicted octanol–water partition coefficient (Wildman–Crippen LogP) is 0.692. The van der Waals surface area contributed by atoms with Gasteiger partial charge >= 0.3 is 11.9 Å². The van der Waals surface area contributed by atoms with Gasteiger partial charge in [-0.1, -0.05) is 25.1 Å². The smallest absolute Gasteiger partial charge is 0.338 e. The molecule has 4 N–H and O–H groups in total. The molecule has 0 bridgehead atoms. The zero-order valence-electron chi connectivity index (χ0n) is 22.3. The summed E-state index contributed by atoms with van der Waals surface area (Å²) in [6.45, 7) is 6.02. The first-order chi connectivity index (χ1) is 18.2. The number of ketones is 1. The van der Waals surface area contributed by atoms with Crippen molar-refractivity contribution in [3.63, 3.8) is 0 Å². The zero-order valence-corrected chi connectivity index (χ0v) is 22.3. The van der Waals surface area contributed by atoms with Crippen molar-refractivity contribution in [1.29, 1.82) is 0 Å². The number of aliphatic hydroxyl groups is 4. The van der Waals surface area contributed by atoms with Gasteiger partial charge in [0, 0.05) is 37.0 Å². The molecule has 0 aromatic heterocycles. The van der Waals surface area contributed by atoms with Crippen LogP contribution in [-0.4, -0.2) is 86.5 Å². The Morgan fingerprint density at radius 1 is 1.10 bits per heavy atom. The molecule has 1 aliphatic heterocycles. The molecule has 5 aliphatic rings. The van der Waals surface area contributed by atoms with Crippen LogP contribution in [0.5, 0.6) is 0 Å². The van der Waals surface area contributed by atoms with Gasteiger partial charge in [-0.25, -0.2) is 4.79 Å². The van der Waals surface area contributed by atoms with E-state index < -0.39 is 82.1 Å². The highest BCUT2D eigenvalue weighted by Gasteiger charge is 2.85. The lowest BCUT2D eigenvalue weighted by Crippen LogP contribution is -2.84. The van der Waals surface area contributed by atoms with E-state index in [0.717, 1.165) is 0 Å². The van der Waals surface area contributed by atoms with Gasteiger partial charge in [0.05, 0.1) is 29.8 Å². The molecule has 2 unspecified atom stereocenters. The van der Waals surface area contributed by atoms with Crippen LogP contribution < -0.4 is 0 Å². The molecular formula is C29H34O10. The van der Waals surface area contributed by atoms with Crippen LogP contribution >= 0.6 is 0 Å². The molecule has 3 saturated carbocycles. The van der Waals surface area contributed by atoms with Crippen molar-refractivity contribution in [2.75, 3.05) is 6.61 Å². The highest BCUT2D eigenvalue weighted by Crippen LogP contribution is 2.74. The summed E-state index contributed by atoms with van der Waals surface area (Å²) in [6.07, 6.45) is -6.44.